The van der Waals surface area contributed by atoms with Crippen molar-refractivity contribution in [3.8, 4) is 0 Å². The Morgan fingerprint density at radius 3 is 2.06 bits per heavy atom. The van der Waals surface area contributed by atoms with Gasteiger partial charge < -0.3 is 10.2 Å². The second-order valence-corrected chi connectivity index (χ2v) is 18.4. The predicted molar refractivity (Wildman–Crippen MR) is 204 cm³/mol. The first-order valence-corrected chi connectivity index (χ1v) is 21.3. The maximum absolute atomic E-state index is 10.7. The molecule has 276 valence electrons. The highest BCUT2D eigenvalue weighted by Crippen LogP contribution is 2.73. The minimum absolute atomic E-state index is 0.0778. The molecule has 3 saturated carbocycles. The second-order valence-electron chi connectivity index (χ2n) is 18.4. The number of fused-ring (bicyclic) bond motifs is 5. The zero-order valence-corrected chi connectivity index (χ0v) is 32.4. The number of aliphatic hydroxyl groups is 1. The Hall–Kier alpha value is -1.09. The lowest BCUT2D eigenvalue weighted by Crippen LogP contribution is -2.57. The van der Waals surface area contributed by atoms with Crippen LogP contribution in [-0.2, 0) is 4.79 Å². The fraction of sp³-hybridized carbons (Fsp3) is 0.889. The number of allylic oxidation sites excluding steroid dienone is 3. The lowest BCUT2D eigenvalue weighted by atomic mass is 9.40. The molecule has 3 nitrogen and oxygen atoms in total. The Balaban J connectivity index is 1.22. The Bertz CT molecular complexity index is 1030. The molecule has 0 saturated heterocycles. The summed E-state index contributed by atoms with van der Waals surface area (Å²) in [5, 5.41) is 19.4. The summed E-state index contributed by atoms with van der Waals surface area (Å²) in [5.74, 6) is 3.22. The van der Waals surface area contributed by atoms with Gasteiger partial charge in [-0.2, -0.15) is 0 Å². The van der Waals surface area contributed by atoms with Crippen molar-refractivity contribution in [2.24, 2.45) is 45.8 Å². The average Bonchev–Trinajstić information content (AvgIpc) is 3.40. The number of carboxylic acids is 1. The molecule has 0 amide bonds. The van der Waals surface area contributed by atoms with Crippen LogP contribution in [0.5, 0.6) is 0 Å². The van der Waals surface area contributed by atoms with Gasteiger partial charge in [-0.15, -0.1) is 0 Å². The van der Waals surface area contributed by atoms with E-state index >= 15 is 0 Å². The number of hydrogen-bond donors (Lipinski definition) is 2. The van der Waals surface area contributed by atoms with E-state index in [1.807, 2.05) is 5.57 Å². The van der Waals surface area contributed by atoms with Crippen molar-refractivity contribution >= 4 is 5.97 Å². The third kappa shape index (κ3) is 9.82. The van der Waals surface area contributed by atoms with Crippen molar-refractivity contribution in [2.45, 2.75) is 208 Å². The fourth-order valence-corrected chi connectivity index (χ4v) is 12.0. The highest BCUT2D eigenvalue weighted by Gasteiger charge is 2.64. The van der Waals surface area contributed by atoms with E-state index in [4.69, 9.17) is 5.11 Å². The van der Waals surface area contributed by atoms with Crippen LogP contribution in [0.2, 0.25) is 0 Å². The third-order valence-electron chi connectivity index (χ3n) is 15.0. The molecule has 0 heterocycles. The van der Waals surface area contributed by atoms with Gasteiger partial charge in [0.1, 0.15) is 0 Å². The molecule has 8 atom stereocenters. The molecule has 0 bridgehead atoms. The van der Waals surface area contributed by atoms with Gasteiger partial charge in [-0.1, -0.05) is 149 Å². The molecule has 4 aliphatic carbocycles. The van der Waals surface area contributed by atoms with Crippen LogP contribution in [0.3, 0.4) is 0 Å². The lowest BCUT2D eigenvalue weighted by molar-refractivity contribution is -0.131. The number of carboxylic acid groups (broad SMARTS) is 1. The van der Waals surface area contributed by atoms with Gasteiger partial charge in [-0.25, -0.2) is 4.79 Å². The van der Waals surface area contributed by atoms with Crippen molar-refractivity contribution in [2.75, 3.05) is 0 Å². The number of aliphatic carboxylic acids is 1. The lowest BCUT2D eigenvalue weighted by Gasteiger charge is -2.65. The van der Waals surface area contributed by atoms with Crippen LogP contribution >= 0.6 is 0 Å². The molecular weight excluding hydrogens is 588 g/mol. The topological polar surface area (TPSA) is 57.5 Å². The average molecular weight is 667 g/mol. The summed E-state index contributed by atoms with van der Waals surface area (Å²) in [6.45, 7) is 12.8. The van der Waals surface area contributed by atoms with Gasteiger partial charge in [0.25, 0.3) is 0 Å². The Morgan fingerprint density at radius 1 is 0.812 bits per heavy atom. The normalized spacial score (nSPS) is 33.8. The van der Waals surface area contributed by atoms with E-state index in [1.54, 1.807) is 6.08 Å². The smallest absolute Gasteiger partial charge is 0.327 e. The van der Waals surface area contributed by atoms with Crippen LogP contribution in [0.25, 0.3) is 0 Å². The van der Waals surface area contributed by atoms with Crippen molar-refractivity contribution < 1.29 is 15.0 Å². The fourth-order valence-electron chi connectivity index (χ4n) is 12.0. The molecule has 0 aliphatic heterocycles. The zero-order chi connectivity index (χ0) is 34.6. The molecule has 4 aliphatic rings. The molecule has 0 aromatic rings. The van der Waals surface area contributed by atoms with Gasteiger partial charge in [0.05, 0.1) is 6.10 Å². The first-order chi connectivity index (χ1) is 23.0. The van der Waals surface area contributed by atoms with Crippen molar-refractivity contribution in [3.63, 3.8) is 0 Å². The quantitative estimate of drug-likeness (QED) is 0.0687. The first-order valence-electron chi connectivity index (χ1n) is 21.3. The minimum Gasteiger partial charge on any atom is -0.478 e. The van der Waals surface area contributed by atoms with E-state index in [9.17, 15) is 9.90 Å². The summed E-state index contributed by atoms with van der Waals surface area (Å²) in [6, 6.07) is 0. The van der Waals surface area contributed by atoms with Crippen LogP contribution in [0, 0.1) is 45.8 Å². The van der Waals surface area contributed by atoms with Gasteiger partial charge in [-0.05, 0) is 116 Å². The monoisotopic (exact) mass is 667 g/mol. The predicted octanol–water partition coefficient (Wildman–Crippen LogP) is 13.3. The molecule has 3 heteroatoms. The van der Waals surface area contributed by atoms with Gasteiger partial charge in [0, 0.05) is 6.08 Å². The SMILES string of the molecule is CC(C)CCC[C@@H](C)[C@H]1CC[C@H]2C3=CCC4CC(O)CC[C@]4(C)C3(CCCCCCCCCCCCCCCC=CC(=O)O)CC[C@]12C. The standard InChI is InChI=1S/C45H78O3/c1-35(2)22-21-23-36(3)39-27-28-40-41-26-25-37-34-38(46)29-31-44(37,5)45(41,33-32-43(39,40)4)30-20-18-16-14-12-10-8-6-7-9-11-13-15-17-19-24-42(47)48/h19,24,26,35-40,46H,6-18,20-23,25,27-34H2,1-5H3,(H,47,48)/t36-,37?,38?,39-,40+,43-,44+,45?/m1/s1. The van der Waals surface area contributed by atoms with E-state index in [2.05, 4.69) is 40.7 Å². The van der Waals surface area contributed by atoms with Gasteiger partial charge in [-0.3, -0.25) is 0 Å². The van der Waals surface area contributed by atoms with E-state index in [-0.39, 0.29) is 6.10 Å². The third-order valence-corrected chi connectivity index (χ3v) is 15.0. The summed E-state index contributed by atoms with van der Waals surface area (Å²) in [4.78, 5) is 10.5. The van der Waals surface area contributed by atoms with Crippen LogP contribution in [0.15, 0.2) is 23.8 Å². The molecule has 0 aromatic carbocycles. The van der Waals surface area contributed by atoms with Crippen LogP contribution in [0.1, 0.15) is 202 Å². The van der Waals surface area contributed by atoms with E-state index in [0.717, 1.165) is 49.4 Å². The van der Waals surface area contributed by atoms with Gasteiger partial charge >= 0.3 is 5.97 Å². The molecule has 3 fully saturated rings. The molecular formula is C45H78O3. The molecule has 2 N–H and O–H groups in total. The Kier molecular flexibility index (Phi) is 15.7. The Labute approximate surface area is 297 Å². The van der Waals surface area contributed by atoms with E-state index in [0.29, 0.717) is 22.2 Å². The second kappa shape index (κ2) is 18.9. The van der Waals surface area contributed by atoms with Gasteiger partial charge in [0.15, 0.2) is 0 Å². The highest BCUT2D eigenvalue weighted by molar-refractivity contribution is 5.79. The maximum atomic E-state index is 10.7. The summed E-state index contributed by atoms with van der Waals surface area (Å²) in [7, 11) is 0. The summed E-state index contributed by atoms with van der Waals surface area (Å²) in [6.07, 6.45) is 40.0. The molecule has 0 aromatic heterocycles. The largest absolute Gasteiger partial charge is 0.478 e. The number of rotatable bonds is 22. The van der Waals surface area contributed by atoms with Crippen LogP contribution in [-0.4, -0.2) is 22.3 Å². The maximum Gasteiger partial charge on any atom is 0.327 e. The van der Waals surface area contributed by atoms with Gasteiger partial charge in [0.2, 0.25) is 0 Å². The van der Waals surface area contributed by atoms with Crippen molar-refractivity contribution in [3.05, 3.63) is 23.8 Å². The Morgan fingerprint density at radius 2 is 1.44 bits per heavy atom. The number of unbranched alkanes of at least 4 members (excludes halogenated alkanes) is 13. The minimum atomic E-state index is -0.833. The summed E-state index contributed by atoms with van der Waals surface area (Å²) >= 11 is 0. The highest BCUT2D eigenvalue weighted by atomic mass is 16.4. The molecule has 0 radical (unpaired) electrons. The first kappa shape index (κ1) is 39.7. The number of hydrogen-bond acceptors (Lipinski definition) is 2. The molecule has 48 heavy (non-hydrogen) atoms. The molecule has 4 rings (SSSR count). The van der Waals surface area contributed by atoms with Crippen LogP contribution < -0.4 is 0 Å². The summed E-state index contributed by atoms with van der Waals surface area (Å²) in [5.41, 5.74) is 3.17. The van der Waals surface area contributed by atoms with Crippen molar-refractivity contribution in [1.29, 1.82) is 0 Å². The molecule has 3 unspecified atom stereocenters. The van der Waals surface area contributed by atoms with Crippen LogP contribution in [0.4, 0.5) is 0 Å². The number of carbonyl (C=O) groups is 1. The number of aliphatic hydroxyl groups excluding tert-OH is 1. The van der Waals surface area contributed by atoms with Crippen molar-refractivity contribution in [1.82, 2.24) is 0 Å². The molecule has 0 spiro atoms. The zero-order valence-electron chi connectivity index (χ0n) is 32.4. The summed E-state index contributed by atoms with van der Waals surface area (Å²) < 4.78 is 0. The van der Waals surface area contributed by atoms with E-state index in [1.165, 1.54) is 147 Å². The van der Waals surface area contributed by atoms with E-state index < -0.39 is 5.97 Å².